The zero-order valence-electron chi connectivity index (χ0n) is 12.9. The standard InChI is InChI=1S/C16H25ClN2O2/c1-19(14-6-9-21-10-7-14)16-13(4-3-5-15(16)17)12-18-8-11-20-2/h3-5,14,18H,6-12H2,1-2H3. The summed E-state index contributed by atoms with van der Waals surface area (Å²) in [5.41, 5.74) is 2.36. The van der Waals surface area contributed by atoms with Crippen LogP contribution in [-0.4, -0.2) is 46.6 Å². The quantitative estimate of drug-likeness (QED) is 0.785. The van der Waals surface area contributed by atoms with E-state index in [1.807, 2.05) is 12.1 Å². The van der Waals surface area contributed by atoms with Gasteiger partial charge in [0.2, 0.25) is 0 Å². The topological polar surface area (TPSA) is 33.7 Å². The van der Waals surface area contributed by atoms with Crippen molar-refractivity contribution in [3.8, 4) is 0 Å². The summed E-state index contributed by atoms with van der Waals surface area (Å²) < 4.78 is 10.5. The molecule has 0 unspecified atom stereocenters. The molecule has 0 bridgehead atoms. The fraction of sp³-hybridized carbons (Fsp3) is 0.625. The first-order valence-electron chi connectivity index (χ1n) is 7.51. The monoisotopic (exact) mass is 312 g/mol. The Morgan fingerprint density at radius 3 is 2.86 bits per heavy atom. The number of methoxy groups -OCH3 is 1. The van der Waals surface area contributed by atoms with Gasteiger partial charge in [-0.2, -0.15) is 0 Å². The first-order valence-corrected chi connectivity index (χ1v) is 7.89. The molecule has 0 spiro atoms. The van der Waals surface area contributed by atoms with E-state index in [2.05, 4.69) is 23.3 Å². The first-order chi connectivity index (χ1) is 10.2. The molecule has 0 radical (unpaired) electrons. The van der Waals surface area contributed by atoms with E-state index in [9.17, 15) is 0 Å². The fourth-order valence-electron chi connectivity index (χ4n) is 2.75. The largest absolute Gasteiger partial charge is 0.383 e. The molecule has 0 amide bonds. The average molecular weight is 313 g/mol. The summed E-state index contributed by atoms with van der Waals surface area (Å²) in [5.74, 6) is 0. The van der Waals surface area contributed by atoms with Crippen LogP contribution < -0.4 is 10.2 Å². The van der Waals surface area contributed by atoms with Gasteiger partial charge in [0.15, 0.2) is 0 Å². The number of hydrogen-bond acceptors (Lipinski definition) is 4. The highest BCUT2D eigenvalue weighted by Gasteiger charge is 2.22. The van der Waals surface area contributed by atoms with Gasteiger partial charge in [-0.3, -0.25) is 0 Å². The maximum absolute atomic E-state index is 6.46. The Labute approximate surface area is 132 Å². The summed E-state index contributed by atoms with van der Waals surface area (Å²) >= 11 is 6.46. The minimum atomic E-state index is 0.497. The third kappa shape index (κ3) is 4.58. The van der Waals surface area contributed by atoms with Crippen molar-refractivity contribution in [3.63, 3.8) is 0 Å². The lowest BCUT2D eigenvalue weighted by atomic mass is 10.0. The predicted octanol–water partition coefficient (Wildman–Crippen LogP) is 2.69. The second-order valence-electron chi connectivity index (χ2n) is 5.37. The lowest BCUT2D eigenvalue weighted by molar-refractivity contribution is 0.0854. The molecular weight excluding hydrogens is 288 g/mol. The molecule has 1 aliphatic heterocycles. The van der Waals surface area contributed by atoms with E-state index in [4.69, 9.17) is 21.1 Å². The SMILES string of the molecule is COCCNCc1cccc(Cl)c1N(C)C1CCOCC1. The molecule has 1 N–H and O–H groups in total. The molecule has 1 heterocycles. The van der Waals surface area contributed by atoms with E-state index in [0.717, 1.165) is 49.9 Å². The van der Waals surface area contributed by atoms with Crippen molar-refractivity contribution in [2.75, 3.05) is 45.4 Å². The van der Waals surface area contributed by atoms with Crippen molar-refractivity contribution in [2.24, 2.45) is 0 Å². The van der Waals surface area contributed by atoms with Gasteiger partial charge < -0.3 is 19.7 Å². The molecule has 118 valence electrons. The molecule has 0 aliphatic carbocycles. The van der Waals surface area contributed by atoms with Gasteiger partial charge in [-0.1, -0.05) is 23.7 Å². The van der Waals surface area contributed by atoms with Crippen molar-refractivity contribution in [1.29, 1.82) is 0 Å². The van der Waals surface area contributed by atoms with Gasteiger partial charge in [-0.25, -0.2) is 0 Å². The van der Waals surface area contributed by atoms with Crippen molar-refractivity contribution in [3.05, 3.63) is 28.8 Å². The Bertz CT molecular complexity index is 436. The number of ether oxygens (including phenoxy) is 2. The molecule has 1 saturated heterocycles. The number of rotatable bonds is 7. The van der Waals surface area contributed by atoms with E-state index < -0.39 is 0 Å². The number of benzene rings is 1. The van der Waals surface area contributed by atoms with E-state index >= 15 is 0 Å². The Morgan fingerprint density at radius 1 is 1.38 bits per heavy atom. The maximum atomic E-state index is 6.46. The summed E-state index contributed by atoms with van der Waals surface area (Å²) in [7, 11) is 3.85. The van der Waals surface area contributed by atoms with Crippen LogP contribution in [0, 0.1) is 0 Å². The van der Waals surface area contributed by atoms with Gasteiger partial charge >= 0.3 is 0 Å². The molecule has 21 heavy (non-hydrogen) atoms. The fourth-order valence-corrected chi connectivity index (χ4v) is 3.08. The van der Waals surface area contributed by atoms with E-state index in [1.165, 1.54) is 5.56 Å². The number of anilines is 1. The minimum absolute atomic E-state index is 0.497. The van der Waals surface area contributed by atoms with Crippen LogP contribution in [0.5, 0.6) is 0 Å². The lowest BCUT2D eigenvalue weighted by Gasteiger charge is -2.34. The summed E-state index contributed by atoms with van der Waals surface area (Å²) in [6.45, 7) is 4.02. The number of hydrogen-bond donors (Lipinski definition) is 1. The number of halogens is 1. The Hall–Kier alpha value is -0.810. The highest BCUT2D eigenvalue weighted by Crippen LogP contribution is 2.32. The second-order valence-corrected chi connectivity index (χ2v) is 5.78. The van der Waals surface area contributed by atoms with Crippen molar-refractivity contribution in [1.82, 2.24) is 5.32 Å². The second kappa shape index (κ2) is 8.59. The van der Waals surface area contributed by atoms with Crippen LogP contribution in [0.25, 0.3) is 0 Å². The molecule has 4 nitrogen and oxygen atoms in total. The van der Waals surface area contributed by atoms with Crippen molar-refractivity contribution in [2.45, 2.75) is 25.4 Å². The summed E-state index contributed by atoms with van der Waals surface area (Å²) in [6, 6.07) is 6.61. The Morgan fingerprint density at radius 2 is 2.14 bits per heavy atom. The zero-order valence-corrected chi connectivity index (χ0v) is 13.7. The molecule has 1 aromatic carbocycles. The number of nitrogens with one attached hydrogen (secondary N) is 1. The normalized spacial score (nSPS) is 16.1. The molecule has 0 saturated carbocycles. The molecule has 0 aromatic heterocycles. The van der Waals surface area contributed by atoms with E-state index in [0.29, 0.717) is 12.6 Å². The van der Waals surface area contributed by atoms with Gasteiger partial charge in [0.05, 0.1) is 17.3 Å². The van der Waals surface area contributed by atoms with Crippen LogP contribution in [0.2, 0.25) is 5.02 Å². The molecular formula is C16H25ClN2O2. The maximum Gasteiger partial charge on any atom is 0.0642 e. The third-order valence-electron chi connectivity index (χ3n) is 3.96. The lowest BCUT2D eigenvalue weighted by Crippen LogP contribution is -2.37. The molecule has 5 heteroatoms. The van der Waals surface area contributed by atoms with E-state index in [-0.39, 0.29) is 0 Å². The smallest absolute Gasteiger partial charge is 0.0642 e. The Balaban J connectivity index is 2.08. The molecule has 1 aromatic rings. The third-order valence-corrected chi connectivity index (χ3v) is 4.27. The first kappa shape index (κ1) is 16.6. The van der Waals surface area contributed by atoms with Crippen LogP contribution in [0.1, 0.15) is 18.4 Å². The number of nitrogens with zero attached hydrogens (tertiary/aromatic N) is 1. The van der Waals surface area contributed by atoms with Gasteiger partial charge in [-0.05, 0) is 24.5 Å². The Kier molecular flexibility index (Phi) is 6.77. The highest BCUT2D eigenvalue weighted by molar-refractivity contribution is 6.33. The highest BCUT2D eigenvalue weighted by atomic mass is 35.5. The molecule has 1 fully saturated rings. The zero-order chi connectivity index (χ0) is 15.1. The van der Waals surface area contributed by atoms with Gasteiger partial charge in [0.1, 0.15) is 0 Å². The average Bonchev–Trinajstić information content (AvgIpc) is 2.52. The molecule has 1 aliphatic rings. The van der Waals surface area contributed by atoms with Crippen LogP contribution in [0.15, 0.2) is 18.2 Å². The summed E-state index contributed by atoms with van der Waals surface area (Å²) in [5, 5.41) is 4.21. The molecule has 2 rings (SSSR count). The van der Waals surface area contributed by atoms with Gasteiger partial charge in [-0.15, -0.1) is 0 Å². The van der Waals surface area contributed by atoms with Crippen molar-refractivity contribution < 1.29 is 9.47 Å². The molecule has 0 atom stereocenters. The predicted molar refractivity (Wildman–Crippen MR) is 87.3 cm³/mol. The minimum Gasteiger partial charge on any atom is -0.383 e. The summed E-state index contributed by atoms with van der Waals surface area (Å²) in [6.07, 6.45) is 2.11. The van der Waals surface area contributed by atoms with Crippen LogP contribution >= 0.6 is 11.6 Å². The van der Waals surface area contributed by atoms with Gasteiger partial charge in [0, 0.05) is 46.5 Å². The van der Waals surface area contributed by atoms with Crippen LogP contribution in [0.4, 0.5) is 5.69 Å². The summed E-state index contributed by atoms with van der Waals surface area (Å²) in [4.78, 5) is 2.32. The van der Waals surface area contributed by atoms with Crippen LogP contribution in [-0.2, 0) is 16.0 Å². The van der Waals surface area contributed by atoms with E-state index in [1.54, 1.807) is 7.11 Å². The van der Waals surface area contributed by atoms with Crippen molar-refractivity contribution >= 4 is 17.3 Å². The van der Waals surface area contributed by atoms with Gasteiger partial charge in [0.25, 0.3) is 0 Å². The number of para-hydroxylation sites is 1. The van der Waals surface area contributed by atoms with Crippen LogP contribution in [0.3, 0.4) is 0 Å².